The lowest BCUT2D eigenvalue weighted by Crippen LogP contribution is -2.18. The van der Waals surface area contributed by atoms with Crippen LogP contribution in [0.2, 0.25) is 0 Å². The smallest absolute Gasteiger partial charge is 0.122 e. The van der Waals surface area contributed by atoms with Crippen molar-refractivity contribution in [1.29, 1.82) is 0 Å². The monoisotopic (exact) mass is 324 g/mol. The molecule has 19 heavy (non-hydrogen) atoms. The Morgan fingerprint density at radius 3 is 2.74 bits per heavy atom. The molecule has 2 unspecified atom stereocenters. The molecule has 0 saturated heterocycles. The van der Waals surface area contributed by atoms with Gasteiger partial charge in [0.2, 0.25) is 0 Å². The first-order chi connectivity index (χ1) is 8.88. The molecule has 0 fully saturated rings. The number of rotatable bonds is 3. The number of benzene rings is 1. The fourth-order valence-corrected chi connectivity index (χ4v) is 3.22. The molecule has 1 nitrogen and oxygen atoms in total. The Hall–Kier alpha value is -0.500. The fraction of sp³-hybridized carbons (Fsp3) is 0.647. The van der Waals surface area contributed by atoms with Gasteiger partial charge in [-0.25, -0.2) is 0 Å². The standard InChI is InChI=1S/C17H25BrO/c1-12(17(2,3)4)10-15(18)13-7-8-16-14(11-13)6-5-9-19-16/h7-8,11-12,15H,5-6,9-10H2,1-4H3. The van der Waals surface area contributed by atoms with Gasteiger partial charge in [-0.05, 0) is 47.8 Å². The van der Waals surface area contributed by atoms with Crippen molar-refractivity contribution in [3.05, 3.63) is 29.3 Å². The van der Waals surface area contributed by atoms with Crippen LogP contribution in [-0.2, 0) is 6.42 Å². The van der Waals surface area contributed by atoms with Gasteiger partial charge >= 0.3 is 0 Å². The highest BCUT2D eigenvalue weighted by Gasteiger charge is 2.23. The molecular weight excluding hydrogens is 300 g/mol. The van der Waals surface area contributed by atoms with E-state index in [0.717, 1.165) is 25.2 Å². The van der Waals surface area contributed by atoms with E-state index in [9.17, 15) is 0 Å². The van der Waals surface area contributed by atoms with Crippen molar-refractivity contribution >= 4 is 15.9 Å². The van der Waals surface area contributed by atoms with Crippen molar-refractivity contribution < 1.29 is 4.74 Å². The van der Waals surface area contributed by atoms with E-state index in [4.69, 9.17) is 4.74 Å². The third-order valence-corrected chi connectivity index (χ3v) is 5.24. The van der Waals surface area contributed by atoms with Crippen molar-refractivity contribution in [2.24, 2.45) is 11.3 Å². The number of halogens is 1. The Morgan fingerprint density at radius 1 is 1.32 bits per heavy atom. The molecule has 0 spiro atoms. The lowest BCUT2D eigenvalue weighted by Gasteiger charge is -2.29. The van der Waals surface area contributed by atoms with Crippen LogP contribution in [0, 0.1) is 11.3 Å². The summed E-state index contributed by atoms with van der Waals surface area (Å²) in [6, 6.07) is 6.67. The summed E-state index contributed by atoms with van der Waals surface area (Å²) in [5.74, 6) is 1.77. The summed E-state index contributed by atoms with van der Waals surface area (Å²) in [5.41, 5.74) is 3.13. The highest BCUT2D eigenvalue weighted by molar-refractivity contribution is 9.09. The highest BCUT2D eigenvalue weighted by Crippen LogP contribution is 2.39. The molecule has 0 N–H and O–H groups in total. The minimum Gasteiger partial charge on any atom is -0.493 e. The van der Waals surface area contributed by atoms with Crippen LogP contribution in [0.25, 0.3) is 0 Å². The van der Waals surface area contributed by atoms with Crippen LogP contribution in [0.5, 0.6) is 5.75 Å². The zero-order chi connectivity index (χ0) is 14.0. The van der Waals surface area contributed by atoms with Gasteiger partial charge in [0.1, 0.15) is 5.75 Å². The number of alkyl halides is 1. The molecule has 1 aliphatic rings. The molecule has 1 aromatic carbocycles. The average Bonchev–Trinajstić information content (AvgIpc) is 2.37. The highest BCUT2D eigenvalue weighted by atomic mass is 79.9. The van der Waals surface area contributed by atoms with Crippen LogP contribution < -0.4 is 4.74 Å². The number of fused-ring (bicyclic) bond motifs is 1. The fourth-order valence-electron chi connectivity index (χ4n) is 2.38. The molecule has 0 amide bonds. The molecule has 1 heterocycles. The van der Waals surface area contributed by atoms with E-state index in [2.05, 4.69) is 61.8 Å². The molecule has 0 radical (unpaired) electrons. The lowest BCUT2D eigenvalue weighted by atomic mass is 9.79. The number of hydrogen-bond acceptors (Lipinski definition) is 1. The summed E-state index contributed by atoms with van der Waals surface area (Å²) in [5, 5.41) is 0. The molecule has 2 heteroatoms. The van der Waals surface area contributed by atoms with E-state index >= 15 is 0 Å². The summed E-state index contributed by atoms with van der Waals surface area (Å²) >= 11 is 3.87. The second-order valence-corrected chi connectivity index (χ2v) is 7.89. The molecule has 2 atom stereocenters. The molecule has 0 aliphatic carbocycles. The first-order valence-corrected chi connectivity index (χ1v) is 8.19. The maximum atomic E-state index is 5.68. The predicted octanol–water partition coefficient (Wildman–Crippen LogP) is 5.52. The van der Waals surface area contributed by atoms with Crippen LogP contribution in [0.4, 0.5) is 0 Å². The van der Waals surface area contributed by atoms with Crippen LogP contribution in [0.15, 0.2) is 18.2 Å². The largest absolute Gasteiger partial charge is 0.493 e. The van der Waals surface area contributed by atoms with E-state index in [1.165, 1.54) is 17.5 Å². The summed E-state index contributed by atoms with van der Waals surface area (Å²) < 4.78 is 5.68. The van der Waals surface area contributed by atoms with E-state index in [-0.39, 0.29) is 0 Å². The van der Waals surface area contributed by atoms with Crippen molar-refractivity contribution in [2.75, 3.05) is 6.61 Å². The van der Waals surface area contributed by atoms with Crippen LogP contribution >= 0.6 is 15.9 Å². The van der Waals surface area contributed by atoms with Gasteiger partial charge in [-0.2, -0.15) is 0 Å². The topological polar surface area (TPSA) is 9.23 Å². The summed E-state index contributed by atoms with van der Waals surface area (Å²) in [7, 11) is 0. The third-order valence-electron chi connectivity index (χ3n) is 4.33. The SMILES string of the molecule is CC(CC(Br)c1ccc2c(c1)CCCO2)C(C)(C)C. The van der Waals surface area contributed by atoms with Crippen LogP contribution in [-0.4, -0.2) is 6.61 Å². The minimum atomic E-state index is 0.364. The Kier molecular flexibility index (Phi) is 4.60. The van der Waals surface area contributed by atoms with E-state index < -0.39 is 0 Å². The molecule has 0 saturated carbocycles. The number of aryl methyl sites for hydroxylation is 1. The lowest BCUT2D eigenvalue weighted by molar-refractivity contribution is 0.246. The van der Waals surface area contributed by atoms with Crippen molar-refractivity contribution in [2.45, 2.75) is 51.8 Å². The van der Waals surface area contributed by atoms with Crippen molar-refractivity contribution in [3.63, 3.8) is 0 Å². The average molecular weight is 325 g/mol. The first-order valence-electron chi connectivity index (χ1n) is 7.27. The maximum absolute atomic E-state index is 5.68. The Labute approximate surface area is 125 Å². The van der Waals surface area contributed by atoms with Crippen molar-refractivity contribution in [1.82, 2.24) is 0 Å². The molecule has 0 aromatic heterocycles. The van der Waals surface area contributed by atoms with Gasteiger partial charge in [0, 0.05) is 4.83 Å². The Bertz CT molecular complexity index is 433. The normalized spacial score (nSPS) is 18.4. The van der Waals surface area contributed by atoms with Crippen molar-refractivity contribution in [3.8, 4) is 5.75 Å². The molecule has 2 rings (SSSR count). The van der Waals surface area contributed by atoms with Gasteiger partial charge in [0.25, 0.3) is 0 Å². The van der Waals surface area contributed by atoms with Gasteiger partial charge in [-0.1, -0.05) is 55.8 Å². The molecule has 1 aromatic rings. The maximum Gasteiger partial charge on any atom is 0.122 e. The molecule has 1 aliphatic heterocycles. The van der Waals surface area contributed by atoms with Crippen LogP contribution in [0.3, 0.4) is 0 Å². The van der Waals surface area contributed by atoms with Gasteiger partial charge in [-0.15, -0.1) is 0 Å². The van der Waals surface area contributed by atoms with Gasteiger partial charge in [-0.3, -0.25) is 0 Å². The van der Waals surface area contributed by atoms with Gasteiger partial charge in [0.05, 0.1) is 6.61 Å². The number of hydrogen-bond donors (Lipinski definition) is 0. The van der Waals surface area contributed by atoms with Gasteiger partial charge in [0.15, 0.2) is 0 Å². The third kappa shape index (κ3) is 3.75. The van der Waals surface area contributed by atoms with E-state index in [1.807, 2.05) is 0 Å². The quantitative estimate of drug-likeness (QED) is 0.665. The van der Waals surface area contributed by atoms with Gasteiger partial charge < -0.3 is 4.74 Å². The Morgan fingerprint density at radius 2 is 2.05 bits per heavy atom. The van der Waals surface area contributed by atoms with E-state index in [0.29, 0.717) is 16.2 Å². The second kappa shape index (κ2) is 5.87. The molecule has 0 bridgehead atoms. The van der Waals surface area contributed by atoms with Crippen LogP contribution in [0.1, 0.15) is 56.5 Å². The summed E-state index contributed by atoms with van der Waals surface area (Å²) in [4.78, 5) is 0.439. The summed E-state index contributed by atoms with van der Waals surface area (Å²) in [6.45, 7) is 10.2. The first kappa shape index (κ1) is 14.9. The minimum absolute atomic E-state index is 0.364. The molecule has 106 valence electrons. The second-order valence-electron chi connectivity index (χ2n) is 6.79. The Balaban J connectivity index is 2.09. The van der Waals surface area contributed by atoms with E-state index in [1.54, 1.807) is 0 Å². The molecular formula is C17H25BrO. The predicted molar refractivity (Wildman–Crippen MR) is 85.2 cm³/mol. The number of ether oxygens (including phenoxy) is 1. The zero-order valence-electron chi connectivity index (χ0n) is 12.5. The zero-order valence-corrected chi connectivity index (χ0v) is 14.1. The summed E-state index contributed by atoms with van der Waals surface area (Å²) in [6.07, 6.45) is 3.46.